The molecule has 2 unspecified atom stereocenters. The minimum Gasteiger partial charge on any atom is -0.481 e. The molecule has 0 aromatic heterocycles. The normalized spacial score (nSPS) is 28.0. The fraction of sp³-hybridized carbons (Fsp3) is 0.875. The summed E-state index contributed by atoms with van der Waals surface area (Å²) in [4.78, 5) is 25.1. The van der Waals surface area contributed by atoms with Crippen LogP contribution in [0.2, 0.25) is 0 Å². The van der Waals surface area contributed by atoms with E-state index < -0.39 is 11.9 Å². The second-order valence-corrected chi connectivity index (χ2v) is 6.82. The Bertz CT molecular complexity index is 365. The van der Waals surface area contributed by atoms with Crippen molar-refractivity contribution in [2.45, 2.75) is 51.9 Å². The number of urea groups is 1. The molecule has 2 amide bonds. The van der Waals surface area contributed by atoms with Crippen LogP contribution in [0.25, 0.3) is 0 Å². The second kappa shape index (κ2) is 7.66. The molecular weight excluding hydrogens is 268 g/mol. The molecule has 2 aliphatic rings. The lowest BCUT2D eigenvalue weighted by Crippen LogP contribution is -2.50. The smallest absolute Gasteiger partial charge is 0.317 e. The highest BCUT2D eigenvalue weighted by Crippen LogP contribution is 2.23. The number of likely N-dealkylation sites (tertiary alicyclic amines) is 1. The number of piperidine rings is 1. The monoisotopic (exact) mass is 296 g/mol. The van der Waals surface area contributed by atoms with Gasteiger partial charge in [0.1, 0.15) is 0 Å². The Balaban J connectivity index is 1.80. The van der Waals surface area contributed by atoms with Crippen molar-refractivity contribution in [3.63, 3.8) is 0 Å². The summed E-state index contributed by atoms with van der Waals surface area (Å²) >= 11 is 0. The number of hydrogen-bond acceptors (Lipinski definition) is 2. The number of aliphatic carboxylic acids is 1. The van der Waals surface area contributed by atoms with Gasteiger partial charge in [-0.25, -0.2) is 4.79 Å². The highest BCUT2D eigenvalue weighted by Gasteiger charge is 2.31. The molecule has 1 heterocycles. The van der Waals surface area contributed by atoms with Gasteiger partial charge in [0, 0.05) is 19.6 Å². The number of carbonyl (C=O) groups is 2. The van der Waals surface area contributed by atoms with Crippen LogP contribution in [0.1, 0.15) is 51.9 Å². The minimum atomic E-state index is -0.789. The van der Waals surface area contributed by atoms with Crippen LogP contribution in [-0.4, -0.2) is 41.6 Å². The van der Waals surface area contributed by atoms with Gasteiger partial charge in [0.25, 0.3) is 0 Å². The van der Waals surface area contributed by atoms with Crippen LogP contribution in [0.4, 0.5) is 4.79 Å². The maximum absolute atomic E-state index is 12.3. The van der Waals surface area contributed by atoms with Crippen LogP contribution >= 0.6 is 0 Å². The fourth-order valence-corrected chi connectivity index (χ4v) is 3.61. The van der Waals surface area contributed by atoms with Crippen LogP contribution in [0, 0.1) is 17.8 Å². The second-order valence-electron chi connectivity index (χ2n) is 6.82. The number of carbonyl (C=O) groups excluding carboxylic acids is 1. The van der Waals surface area contributed by atoms with Gasteiger partial charge in [0.15, 0.2) is 0 Å². The SMILES string of the molecule is CC1CC(C(=O)O)CN(C(=O)NCC2CCCCCC2)C1. The van der Waals surface area contributed by atoms with Crippen molar-refractivity contribution in [1.29, 1.82) is 0 Å². The summed E-state index contributed by atoms with van der Waals surface area (Å²) in [5.41, 5.74) is 0. The van der Waals surface area contributed by atoms with Crippen LogP contribution in [0.3, 0.4) is 0 Å². The van der Waals surface area contributed by atoms with Crippen LogP contribution < -0.4 is 5.32 Å². The van der Waals surface area contributed by atoms with Crippen LogP contribution in [0.15, 0.2) is 0 Å². The summed E-state index contributed by atoms with van der Waals surface area (Å²) in [6.07, 6.45) is 8.23. The van der Waals surface area contributed by atoms with Gasteiger partial charge < -0.3 is 15.3 Å². The van der Waals surface area contributed by atoms with Gasteiger partial charge in [0.2, 0.25) is 0 Å². The molecule has 5 heteroatoms. The van der Waals surface area contributed by atoms with Gasteiger partial charge in [-0.15, -0.1) is 0 Å². The summed E-state index contributed by atoms with van der Waals surface area (Å²) in [6.45, 7) is 3.76. The molecule has 2 rings (SSSR count). The maximum Gasteiger partial charge on any atom is 0.317 e. The largest absolute Gasteiger partial charge is 0.481 e. The van der Waals surface area contributed by atoms with E-state index in [1.807, 2.05) is 6.92 Å². The third-order valence-electron chi connectivity index (χ3n) is 4.81. The zero-order valence-electron chi connectivity index (χ0n) is 13.0. The van der Waals surface area contributed by atoms with Crippen molar-refractivity contribution in [2.75, 3.05) is 19.6 Å². The predicted octanol–water partition coefficient (Wildman–Crippen LogP) is 2.71. The molecule has 1 aliphatic carbocycles. The zero-order valence-corrected chi connectivity index (χ0v) is 13.0. The first-order chi connectivity index (χ1) is 10.1. The number of rotatable bonds is 3. The molecule has 0 aromatic carbocycles. The number of carboxylic acids is 1. The highest BCUT2D eigenvalue weighted by molar-refractivity contribution is 5.76. The minimum absolute atomic E-state index is 0.0861. The summed E-state index contributed by atoms with van der Waals surface area (Å²) in [6, 6.07) is -0.0861. The Labute approximate surface area is 127 Å². The molecule has 0 aromatic rings. The summed E-state index contributed by atoms with van der Waals surface area (Å²) in [5, 5.41) is 12.2. The Hall–Kier alpha value is -1.26. The molecule has 0 bridgehead atoms. The number of carboxylic acid groups (broad SMARTS) is 1. The predicted molar refractivity (Wildman–Crippen MR) is 81.1 cm³/mol. The first kappa shape index (κ1) is 16.1. The van der Waals surface area contributed by atoms with Crippen LogP contribution in [-0.2, 0) is 4.79 Å². The molecule has 2 N–H and O–H groups in total. The van der Waals surface area contributed by atoms with E-state index in [-0.39, 0.29) is 11.9 Å². The number of nitrogens with one attached hydrogen (secondary N) is 1. The van der Waals surface area contributed by atoms with Gasteiger partial charge in [-0.1, -0.05) is 32.6 Å². The van der Waals surface area contributed by atoms with Crippen LogP contribution in [0.5, 0.6) is 0 Å². The molecular formula is C16H28N2O3. The number of nitrogens with zero attached hydrogens (tertiary/aromatic N) is 1. The Morgan fingerprint density at radius 3 is 2.43 bits per heavy atom. The van der Waals surface area contributed by atoms with E-state index in [2.05, 4.69) is 5.32 Å². The van der Waals surface area contributed by atoms with E-state index in [4.69, 9.17) is 5.11 Å². The third kappa shape index (κ3) is 4.90. The number of hydrogen-bond donors (Lipinski definition) is 2. The topological polar surface area (TPSA) is 69.6 Å². The number of amides is 2. The van der Waals surface area contributed by atoms with Crippen molar-refractivity contribution < 1.29 is 14.7 Å². The van der Waals surface area contributed by atoms with E-state index in [0.717, 1.165) is 6.54 Å². The maximum atomic E-state index is 12.3. The lowest BCUT2D eigenvalue weighted by Gasteiger charge is -2.35. The van der Waals surface area contributed by atoms with E-state index in [0.29, 0.717) is 25.4 Å². The van der Waals surface area contributed by atoms with Gasteiger partial charge in [0.05, 0.1) is 5.92 Å². The first-order valence-corrected chi connectivity index (χ1v) is 8.32. The van der Waals surface area contributed by atoms with Crippen molar-refractivity contribution in [2.24, 2.45) is 17.8 Å². The van der Waals surface area contributed by atoms with Gasteiger partial charge in [-0.2, -0.15) is 0 Å². The van der Waals surface area contributed by atoms with Crippen molar-refractivity contribution in [3.8, 4) is 0 Å². The van der Waals surface area contributed by atoms with Crippen molar-refractivity contribution in [1.82, 2.24) is 10.2 Å². The van der Waals surface area contributed by atoms with E-state index in [9.17, 15) is 9.59 Å². The molecule has 2 fully saturated rings. The highest BCUT2D eigenvalue weighted by atomic mass is 16.4. The molecule has 1 saturated carbocycles. The molecule has 1 saturated heterocycles. The summed E-state index contributed by atoms with van der Waals surface area (Å²) < 4.78 is 0. The summed E-state index contributed by atoms with van der Waals surface area (Å²) in [7, 11) is 0. The van der Waals surface area contributed by atoms with E-state index in [1.165, 1.54) is 38.5 Å². The molecule has 0 radical (unpaired) electrons. The van der Waals surface area contributed by atoms with Gasteiger partial charge in [-0.3, -0.25) is 4.79 Å². The molecule has 0 spiro atoms. The van der Waals surface area contributed by atoms with Crippen molar-refractivity contribution in [3.05, 3.63) is 0 Å². The summed E-state index contributed by atoms with van der Waals surface area (Å²) in [5.74, 6) is -0.363. The van der Waals surface area contributed by atoms with E-state index >= 15 is 0 Å². The van der Waals surface area contributed by atoms with Crippen molar-refractivity contribution >= 4 is 12.0 Å². The molecule has 5 nitrogen and oxygen atoms in total. The molecule has 120 valence electrons. The Kier molecular flexibility index (Phi) is 5.88. The lowest BCUT2D eigenvalue weighted by molar-refractivity contribution is -0.143. The zero-order chi connectivity index (χ0) is 15.2. The standard InChI is InChI=1S/C16H28N2O3/c1-12-8-14(15(19)20)11-18(10-12)16(21)17-9-13-6-4-2-3-5-7-13/h12-14H,2-11H2,1H3,(H,17,21)(H,19,20). The average Bonchev–Trinajstić information content (AvgIpc) is 2.72. The molecule has 1 aliphatic heterocycles. The van der Waals surface area contributed by atoms with E-state index in [1.54, 1.807) is 4.90 Å². The Morgan fingerprint density at radius 2 is 1.81 bits per heavy atom. The van der Waals surface area contributed by atoms with Gasteiger partial charge in [-0.05, 0) is 31.1 Å². The van der Waals surface area contributed by atoms with Gasteiger partial charge >= 0.3 is 12.0 Å². The molecule has 21 heavy (non-hydrogen) atoms. The first-order valence-electron chi connectivity index (χ1n) is 8.32. The third-order valence-corrected chi connectivity index (χ3v) is 4.81. The molecule has 2 atom stereocenters. The average molecular weight is 296 g/mol. The Morgan fingerprint density at radius 1 is 1.14 bits per heavy atom. The fourth-order valence-electron chi connectivity index (χ4n) is 3.61. The quantitative estimate of drug-likeness (QED) is 0.787. The lowest BCUT2D eigenvalue weighted by atomic mass is 9.91.